The normalized spacial score (nSPS) is 11.3. The molecule has 0 aliphatic carbocycles. The van der Waals surface area contributed by atoms with Crippen LogP contribution < -0.4 is 0 Å². The van der Waals surface area contributed by atoms with Gasteiger partial charge in [-0.05, 0) is 57.3 Å². The van der Waals surface area contributed by atoms with E-state index in [1.807, 2.05) is 12.1 Å². The minimum Gasteiger partial charge on any atom is -0.252 e. The zero-order chi connectivity index (χ0) is 27.9. The monoisotopic (exact) mass is 535 g/mol. The van der Waals surface area contributed by atoms with E-state index in [2.05, 4.69) is 132 Å². The fourth-order valence-electron chi connectivity index (χ4n) is 5.90. The predicted molar refractivity (Wildman–Crippen MR) is 174 cm³/mol. The Bertz CT molecular complexity index is 2150. The Morgan fingerprint density at radius 1 is 0.310 bits per heavy atom. The molecule has 0 spiro atoms. The number of nitrogens with zero attached hydrogens (tertiary/aromatic N) is 3. The van der Waals surface area contributed by atoms with Gasteiger partial charge in [-0.3, -0.25) is 9.97 Å². The molecule has 3 nitrogen and oxygen atoms in total. The highest BCUT2D eigenvalue weighted by atomic mass is 14.8. The molecule has 0 amide bonds. The summed E-state index contributed by atoms with van der Waals surface area (Å²) in [5.74, 6) is 0. The second kappa shape index (κ2) is 10.1. The van der Waals surface area contributed by atoms with Gasteiger partial charge in [-0.2, -0.15) is 0 Å². The van der Waals surface area contributed by atoms with Crippen molar-refractivity contribution < 1.29 is 0 Å². The second-order valence-electron chi connectivity index (χ2n) is 10.5. The summed E-state index contributed by atoms with van der Waals surface area (Å²) in [6, 6.07) is 49.1. The van der Waals surface area contributed by atoms with Gasteiger partial charge >= 0.3 is 0 Å². The minimum atomic E-state index is 0.935. The van der Waals surface area contributed by atoms with Crippen molar-refractivity contribution in [1.29, 1.82) is 0 Å². The van der Waals surface area contributed by atoms with Gasteiger partial charge in [-0.1, -0.05) is 115 Å². The highest BCUT2D eigenvalue weighted by molar-refractivity contribution is 6.23. The van der Waals surface area contributed by atoms with Gasteiger partial charge in [-0.25, -0.2) is 4.98 Å². The average molecular weight is 536 g/mol. The lowest BCUT2D eigenvalue weighted by molar-refractivity contribution is 1.31. The molecule has 8 rings (SSSR count). The average Bonchev–Trinajstić information content (AvgIpc) is 3.09. The first-order chi connectivity index (χ1) is 20.8. The Morgan fingerprint density at radius 3 is 1.45 bits per heavy atom. The van der Waals surface area contributed by atoms with Crippen LogP contribution >= 0.6 is 0 Å². The molecule has 196 valence electrons. The molecule has 0 unspecified atom stereocenters. The van der Waals surface area contributed by atoms with Crippen molar-refractivity contribution in [2.24, 2.45) is 0 Å². The van der Waals surface area contributed by atoms with Gasteiger partial charge in [-0.15, -0.1) is 0 Å². The standard InChI is InChI=1S/C39H25N3/c1-3-10-26(11-4-1)36-24-31(25-37(42-36)27-12-5-2-6-13-27)29-15-9-14-28(22-29)30-18-19-34-35(23-30)32-16-7-8-17-33(32)38-39(34)41-21-20-40-38/h1-25H. The molecule has 0 atom stereocenters. The van der Waals surface area contributed by atoms with Gasteiger partial charge in [0.2, 0.25) is 0 Å². The molecule has 0 N–H and O–H groups in total. The molecule has 0 aliphatic heterocycles. The van der Waals surface area contributed by atoms with Crippen LogP contribution in [0.4, 0.5) is 0 Å². The largest absolute Gasteiger partial charge is 0.252 e. The van der Waals surface area contributed by atoms with Crippen molar-refractivity contribution in [2.45, 2.75) is 0 Å². The molecule has 0 fully saturated rings. The lowest BCUT2D eigenvalue weighted by Gasteiger charge is -2.13. The molecule has 0 aliphatic rings. The van der Waals surface area contributed by atoms with E-state index in [-0.39, 0.29) is 0 Å². The maximum Gasteiger partial charge on any atom is 0.0971 e. The summed E-state index contributed by atoms with van der Waals surface area (Å²) in [7, 11) is 0. The van der Waals surface area contributed by atoms with Crippen LogP contribution in [0.5, 0.6) is 0 Å². The molecule has 0 radical (unpaired) electrons. The van der Waals surface area contributed by atoms with Crippen molar-refractivity contribution in [3.63, 3.8) is 0 Å². The summed E-state index contributed by atoms with van der Waals surface area (Å²) < 4.78 is 0. The van der Waals surface area contributed by atoms with Gasteiger partial charge in [0.05, 0.1) is 22.4 Å². The first-order valence-corrected chi connectivity index (χ1v) is 14.1. The fourth-order valence-corrected chi connectivity index (χ4v) is 5.90. The van der Waals surface area contributed by atoms with Crippen LogP contribution in [0.1, 0.15) is 0 Å². The first-order valence-electron chi connectivity index (χ1n) is 14.1. The Balaban J connectivity index is 1.29. The predicted octanol–water partition coefficient (Wildman–Crippen LogP) is 10.00. The number of pyridine rings is 1. The first kappa shape index (κ1) is 24.2. The van der Waals surface area contributed by atoms with Crippen molar-refractivity contribution in [3.05, 3.63) is 152 Å². The lowest BCUT2D eigenvalue weighted by atomic mass is 9.93. The Morgan fingerprint density at radius 2 is 0.810 bits per heavy atom. The summed E-state index contributed by atoms with van der Waals surface area (Å²) in [5.41, 5.74) is 10.6. The fraction of sp³-hybridized carbons (Fsp3) is 0. The van der Waals surface area contributed by atoms with Gasteiger partial charge in [0, 0.05) is 34.3 Å². The maximum atomic E-state index is 5.06. The van der Waals surface area contributed by atoms with E-state index in [0.717, 1.165) is 61.0 Å². The van der Waals surface area contributed by atoms with Gasteiger partial charge < -0.3 is 0 Å². The molecule has 8 aromatic rings. The Hall–Kier alpha value is -5.67. The molecular formula is C39H25N3. The number of aromatic nitrogens is 3. The molecule has 0 saturated carbocycles. The van der Waals surface area contributed by atoms with Gasteiger partial charge in [0.1, 0.15) is 0 Å². The van der Waals surface area contributed by atoms with E-state index in [9.17, 15) is 0 Å². The van der Waals surface area contributed by atoms with E-state index in [4.69, 9.17) is 9.97 Å². The molecule has 3 heteroatoms. The van der Waals surface area contributed by atoms with E-state index in [1.54, 1.807) is 12.4 Å². The lowest BCUT2D eigenvalue weighted by Crippen LogP contribution is -1.91. The highest BCUT2D eigenvalue weighted by Gasteiger charge is 2.13. The number of rotatable bonds is 4. The van der Waals surface area contributed by atoms with Gasteiger partial charge in [0.15, 0.2) is 0 Å². The van der Waals surface area contributed by atoms with Crippen molar-refractivity contribution in [3.8, 4) is 44.8 Å². The van der Waals surface area contributed by atoms with Crippen LogP contribution in [0, 0.1) is 0 Å². The third-order valence-electron chi connectivity index (χ3n) is 7.94. The summed E-state index contributed by atoms with van der Waals surface area (Å²) in [6.45, 7) is 0. The van der Waals surface area contributed by atoms with Crippen molar-refractivity contribution in [2.75, 3.05) is 0 Å². The Labute approximate surface area is 243 Å². The second-order valence-corrected chi connectivity index (χ2v) is 10.5. The van der Waals surface area contributed by atoms with E-state index in [1.165, 1.54) is 16.3 Å². The van der Waals surface area contributed by atoms with Crippen LogP contribution in [0.15, 0.2) is 152 Å². The number of fused-ring (bicyclic) bond motifs is 6. The molecule has 0 bridgehead atoms. The number of hydrogen-bond acceptors (Lipinski definition) is 3. The third-order valence-corrected chi connectivity index (χ3v) is 7.94. The van der Waals surface area contributed by atoms with Crippen molar-refractivity contribution in [1.82, 2.24) is 15.0 Å². The van der Waals surface area contributed by atoms with Crippen LogP contribution in [-0.4, -0.2) is 15.0 Å². The zero-order valence-corrected chi connectivity index (χ0v) is 22.8. The topological polar surface area (TPSA) is 38.7 Å². The van der Waals surface area contributed by atoms with Crippen LogP contribution in [0.2, 0.25) is 0 Å². The Kier molecular flexibility index (Phi) is 5.79. The summed E-state index contributed by atoms with van der Waals surface area (Å²) in [5, 5.41) is 4.61. The number of hydrogen-bond donors (Lipinski definition) is 0. The molecule has 6 aromatic carbocycles. The zero-order valence-electron chi connectivity index (χ0n) is 22.8. The van der Waals surface area contributed by atoms with Gasteiger partial charge in [0.25, 0.3) is 0 Å². The van der Waals surface area contributed by atoms with Crippen LogP contribution in [0.3, 0.4) is 0 Å². The van der Waals surface area contributed by atoms with E-state index >= 15 is 0 Å². The summed E-state index contributed by atoms with van der Waals surface area (Å²) >= 11 is 0. The quantitative estimate of drug-likeness (QED) is 0.211. The third kappa shape index (κ3) is 4.20. The minimum absolute atomic E-state index is 0.935. The molecule has 2 heterocycles. The maximum absolute atomic E-state index is 5.06. The summed E-state index contributed by atoms with van der Waals surface area (Å²) in [4.78, 5) is 14.4. The van der Waals surface area contributed by atoms with E-state index < -0.39 is 0 Å². The van der Waals surface area contributed by atoms with E-state index in [0.29, 0.717) is 0 Å². The molecule has 0 saturated heterocycles. The molecular weight excluding hydrogens is 510 g/mol. The summed E-state index contributed by atoms with van der Waals surface area (Å²) in [6.07, 6.45) is 3.54. The number of benzene rings is 6. The molecule has 2 aromatic heterocycles. The smallest absolute Gasteiger partial charge is 0.0971 e. The molecule has 42 heavy (non-hydrogen) atoms. The van der Waals surface area contributed by atoms with Crippen LogP contribution in [-0.2, 0) is 0 Å². The SMILES string of the molecule is c1ccc(-c2cc(-c3cccc(-c4ccc5c(c4)c4ccccc4c4nccnc54)c3)cc(-c3ccccc3)n2)cc1. The highest BCUT2D eigenvalue weighted by Crippen LogP contribution is 2.37. The van der Waals surface area contributed by atoms with Crippen LogP contribution in [0.25, 0.3) is 77.3 Å². The van der Waals surface area contributed by atoms with Crippen molar-refractivity contribution >= 4 is 32.6 Å².